The summed E-state index contributed by atoms with van der Waals surface area (Å²) in [6.45, 7) is 1.63. The number of esters is 1. The summed E-state index contributed by atoms with van der Waals surface area (Å²) in [5.74, 6) is -9.67. The van der Waals surface area contributed by atoms with E-state index in [1.807, 2.05) is 0 Å². The third-order valence-corrected chi connectivity index (χ3v) is 11.6. The van der Waals surface area contributed by atoms with Gasteiger partial charge in [0.1, 0.15) is 46.2 Å². The Hall–Kier alpha value is -8.04. The number of hydrogen-bond donors (Lipinski definition) is 1. The fourth-order valence-electron chi connectivity index (χ4n) is 7.97. The molecule has 0 aliphatic heterocycles. The lowest BCUT2D eigenvalue weighted by molar-refractivity contribution is -0.140. The number of carboxylic acid groups (broad SMARTS) is 1. The molecule has 6 aromatic rings. The van der Waals surface area contributed by atoms with Gasteiger partial charge in [-0.2, -0.15) is 26.3 Å². The monoisotopic (exact) mass is 1040 g/mol. The van der Waals surface area contributed by atoms with Gasteiger partial charge in [0.15, 0.2) is 0 Å². The normalized spacial score (nSPS) is 12.4. The molecule has 6 rings (SSSR count). The van der Waals surface area contributed by atoms with Gasteiger partial charge < -0.3 is 29.1 Å². The molecule has 2 heterocycles. The minimum atomic E-state index is -5.03. The van der Waals surface area contributed by atoms with Crippen molar-refractivity contribution in [2.75, 3.05) is 13.9 Å². The molecule has 74 heavy (non-hydrogen) atoms. The second-order valence-corrected chi connectivity index (χ2v) is 16.7. The summed E-state index contributed by atoms with van der Waals surface area (Å²) in [5.41, 5.74) is -3.06. The number of ether oxygens (including phenoxy) is 3. The van der Waals surface area contributed by atoms with Crippen molar-refractivity contribution in [2.45, 2.75) is 77.1 Å². The molecule has 2 atom stereocenters. The highest BCUT2D eigenvalue weighted by Gasteiger charge is 2.37. The summed E-state index contributed by atoms with van der Waals surface area (Å²) < 4.78 is 158. The van der Waals surface area contributed by atoms with Crippen LogP contribution in [0.25, 0.3) is 0 Å². The number of halogens is 10. The zero-order valence-electron chi connectivity index (χ0n) is 39.4. The molecule has 0 saturated carbocycles. The van der Waals surface area contributed by atoms with Crippen molar-refractivity contribution >= 4 is 23.8 Å². The number of aromatic nitrogens is 2. The van der Waals surface area contributed by atoms with Crippen LogP contribution in [0.15, 0.2) is 109 Å². The molecular formula is C52H44F10N4O8. The summed E-state index contributed by atoms with van der Waals surface area (Å²) in [4.78, 5) is 62.4. The second kappa shape index (κ2) is 23.7. The largest absolute Gasteiger partial charge is 0.496 e. The maximum Gasteiger partial charge on any atom is 0.419 e. The van der Waals surface area contributed by atoms with Crippen LogP contribution >= 0.6 is 0 Å². The first-order valence-electron chi connectivity index (χ1n) is 22.4. The number of benzene rings is 4. The van der Waals surface area contributed by atoms with Crippen LogP contribution < -0.4 is 9.47 Å². The molecule has 0 unspecified atom stereocenters. The highest BCUT2D eigenvalue weighted by Crippen LogP contribution is 2.39. The first kappa shape index (κ1) is 55.3. The van der Waals surface area contributed by atoms with E-state index in [0.29, 0.717) is 17.7 Å². The summed E-state index contributed by atoms with van der Waals surface area (Å²) >= 11 is 0. The smallest absolute Gasteiger partial charge is 0.419 e. The lowest BCUT2D eigenvalue weighted by atomic mass is 9.98. The molecule has 390 valence electrons. The topological polar surface area (TPSA) is 148 Å². The van der Waals surface area contributed by atoms with Crippen LogP contribution in [-0.2, 0) is 43.0 Å². The Morgan fingerprint density at radius 3 is 1.35 bits per heavy atom. The molecule has 0 aliphatic carbocycles. The Kier molecular flexibility index (Phi) is 17.7. The number of nitrogens with zero attached hydrogens (tertiary/aromatic N) is 4. The number of amides is 2. The zero-order chi connectivity index (χ0) is 54.1. The molecule has 12 nitrogen and oxygen atoms in total. The number of aromatic carboxylic acids is 1. The highest BCUT2D eigenvalue weighted by atomic mass is 19.4. The number of pyridine rings is 2. The third-order valence-electron chi connectivity index (χ3n) is 11.6. The van der Waals surface area contributed by atoms with Crippen LogP contribution in [0.3, 0.4) is 0 Å². The molecule has 0 aliphatic rings. The van der Waals surface area contributed by atoms with Crippen molar-refractivity contribution in [1.82, 2.24) is 19.8 Å². The predicted molar refractivity (Wildman–Crippen MR) is 244 cm³/mol. The number of alkyl halides is 6. The summed E-state index contributed by atoms with van der Waals surface area (Å²) in [5, 5.41) is 9.26. The number of carbonyl (C=O) groups excluding carboxylic acids is 3. The molecule has 2 aromatic heterocycles. The van der Waals surface area contributed by atoms with Gasteiger partial charge in [0.25, 0.3) is 11.8 Å². The Balaban J connectivity index is 1.17. The maximum atomic E-state index is 14.6. The highest BCUT2D eigenvalue weighted by molar-refractivity contribution is 5.95. The average Bonchev–Trinajstić information content (AvgIpc) is 3.35. The molecule has 0 bridgehead atoms. The standard InChI is InChI=1S/C52H44F10N4O8/c1-4-39(14-29-8-12-45(72-3)41(16-29)51(57,58)59)66(48(68)34-20-37(55)23-38(56)21-34)27-32-7-11-44(64-25-32)50(71)74-28-73-46-13-9-30(17-42(46)52(60,61)62)15-40(5-2)65(26-31-6-10-43(49(69)70)63-24-31)47(67)33-18-35(53)22-36(54)19-33/h6-13,16-25,39-40H,4-5,14-15,26-28H2,1-3H3,(H,69,70)/t39-,40+/m1/s1. The van der Waals surface area contributed by atoms with Gasteiger partial charge in [-0.1, -0.05) is 38.1 Å². The molecule has 4 aromatic carbocycles. The molecule has 0 radical (unpaired) electrons. The van der Waals surface area contributed by atoms with Crippen molar-refractivity contribution in [3.05, 3.63) is 189 Å². The molecule has 0 spiro atoms. The number of carboxylic acids is 1. The van der Waals surface area contributed by atoms with E-state index < -0.39 is 112 Å². The van der Waals surface area contributed by atoms with Gasteiger partial charge in [0.05, 0.1) is 18.2 Å². The summed E-state index contributed by atoms with van der Waals surface area (Å²) in [6.07, 6.45) is -7.58. The van der Waals surface area contributed by atoms with E-state index in [4.69, 9.17) is 14.2 Å². The fourth-order valence-corrected chi connectivity index (χ4v) is 7.97. The summed E-state index contributed by atoms with van der Waals surface area (Å²) in [6, 6.07) is 13.9. The van der Waals surface area contributed by atoms with Gasteiger partial charge in [-0.05, 0) is 109 Å². The Labute approximate surface area is 416 Å². The number of carbonyl (C=O) groups is 4. The van der Waals surface area contributed by atoms with E-state index in [0.717, 1.165) is 67.9 Å². The van der Waals surface area contributed by atoms with Crippen molar-refractivity contribution in [1.29, 1.82) is 0 Å². The van der Waals surface area contributed by atoms with Crippen molar-refractivity contribution < 1.29 is 82.4 Å². The van der Waals surface area contributed by atoms with E-state index in [1.165, 1.54) is 46.3 Å². The van der Waals surface area contributed by atoms with Crippen LogP contribution in [0.2, 0.25) is 0 Å². The molecule has 0 saturated heterocycles. The van der Waals surface area contributed by atoms with Crippen molar-refractivity contribution in [3.63, 3.8) is 0 Å². The van der Waals surface area contributed by atoms with Crippen LogP contribution in [0.1, 0.15) is 102 Å². The van der Waals surface area contributed by atoms with Gasteiger partial charge in [0.2, 0.25) is 6.79 Å². The first-order valence-corrected chi connectivity index (χ1v) is 22.4. The number of hydrogen-bond acceptors (Lipinski definition) is 9. The van der Waals surface area contributed by atoms with Gasteiger partial charge in [-0.15, -0.1) is 0 Å². The average molecular weight is 1040 g/mol. The van der Waals surface area contributed by atoms with E-state index in [9.17, 15) is 68.2 Å². The lowest BCUT2D eigenvalue weighted by Crippen LogP contribution is -2.41. The fraction of sp³-hybridized carbons (Fsp3) is 0.269. The lowest BCUT2D eigenvalue weighted by Gasteiger charge is -2.32. The molecular weight excluding hydrogens is 999 g/mol. The van der Waals surface area contributed by atoms with E-state index in [1.54, 1.807) is 13.8 Å². The van der Waals surface area contributed by atoms with Crippen LogP contribution in [0.4, 0.5) is 43.9 Å². The minimum absolute atomic E-state index is 0.0466. The molecule has 2 amide bonds. The van der Waals surface area contributed by atoms with E-state index in [2.05, 4.69) is 9.97 Å². The third kappa shape index (κ3) is 14.1. The van der Waals surface area contributed by atoms with Crippen molar-refractivity contribution in [2.24, 2.45) is 0 Å². The first-order chi connectivity index (χ1) is 35.0. The van der Waals surface area contributed by atoms with E-state index >= 15 is 0 Å². The van der Waals surface area contributed by atoms with Gasteiger partial charge in [-0.25, -0.2) is 37.1 Å². The number of rotatable bonds is 20. The van der Waals surface area contributed by atoms with Crippen LogP contribution in [0, 0.1) is 23.3 Å². The number of methoxy groups -OCH3 is 1. The predicted octanol–water partition coefficient (Wildman–Crippen LogP) is 11.3. The zero-order valence-corrected chi connectivity index (χ0v) is 39.4. The van der Waals surface area contributed by atoms with Crippen LogP contribution in [0.5, 0.6) is 11.5 Å². The molecule has 1 N–H and O–H groups in total. The minimum Gasteiger partial charge on any atom is -0.496 e. The van der Waals surface area contributed by atoms with Gasteiger partial charge in [0, 0.05) is 60.8 Å². The van der Waals surface area contributed by atoms with Crippen LogP contribution in [-0.4, -0.2) is 74.6 Å². The van der Waals surface area contributed by atoms with Crippen molar-refractivity contribution in [3.8, 4) is 11.5 Å². The Morgan fingerprint density at radius 2 is 0.973 bits per heavy atom. The Bertz CT molecular complexity index is 2950. The SMILES string of the molecule is CC[C@H](Cc1ccc(OC)c(C(F)(F)F)c1)N(Cc1ccc(C(=O)OCOc2ccc(C[C@H](CC)N(Cc3ccc(C(=O)O)nc3)C(=O)c3cc(F)cc(F)c3)cc2C(F)(F)F)nc1)C(=O)c1cc(F)cc(F)c1. The molecule has 22 heteroatoms. The summed E-state index contributed by atoms with van der Waals surface area (Å²) in [7, 11) is 1.08. The maximum absolute atomic E-state index is 14.6. The van der Waals surface area contributed by atoms with E-state index in [-0.39, 0.29) is 66.9 Å². The molecule has 0 fully saturated rings. The van der Waals surface area contributed by atoms with Gasteiger partial charge >= 0.3 is 24.3 Å². The second-order valence-electron chi connectivity index (χ2n) is 16.7. The Morgan fingerprint density at radius 1 is 0.568 bits per heavy atom. The van der Waals surface area contributed by atoms with Gasteiger partial charge in [-0.3, -0.25) is 9.59 Å². The quantitative estimate of drug-likeness (QED) is 0.0445.